The summed E-state index contributed by atoms with van der Waals surface area (Å²) in [5, 5.41) is 3.62. The summed E-state index contributed by atoms with van der Waals surface area (Å²) >= 11 is 4.98. The number of rotatable bonds is 3. The highest BCUT2D eigenvalue weighted by molar-refractivity contribution is 9.10. The fraction of sp³-hybridized carbons (Fsp3) is 0.353. The molecule has 2 aromatic rings. The monoisotopic (exact) mass is 407 g/mol. The molecule has 0 radical (unpaired) electrons. The van der Waals surface area contributed by atoms with Crippen molar-refractivity contribution in [3.63, 3.8) is 0 Å². The minimum absolute atomic E-state index is 0.0419. The largest absolute Gasteiger partial charge is 0.326 e. The number of halogens is 1. The molecule has 1 amide bonds. The topological polar surface area (TPSA) is 64.0 Å². The highest BCUT2D eigenvalue weighted by Crippen LogP contribution is 2.32. The molecular formula is C17H18BrN3O2S. The van der Waals surface area contributed by atoms with E-state index < -0.39 is 0 Å². The van der Waals surface area contributed by atoms with E-state index in [9.17, 15) is 9.59 Å². The number of aromatic nitrogens is 2. The molecule has 24 heavy (non-hydrogen) atoms. The number of benzene rings is 1. The van der Waals surface area contributed by atoms with E-state index in [1.807, 2.05) is 32.0 Å². The number of anilines is 1. The molecule has 126 valence electrons. The van der Waals surface area contributed by atoms with Crippen molar-refractivity contribution in [3.8, 4) is 0 Å². The molecule has 0 saturated carbocycles. The third kappa shape index (κ3) is 3.28. The lowest BCUT2D eigenvalue weighted by Gasteiger charge is -2.14. The number of thioether (sulfide) groups is 1. The SMILES string of the molecule is Cc1cc(NC(=O)CC2CSc3nc(C)c(C)c(=O)n32)ccc1Br. The van der Waals surface area contributed by atoms with Crippen molar-refractivity contribution in [1.29, 1.82) is 0 Å². The highest BCUT2D eigenvalue weighted by Gasteiger charge is 2.28. The molecule has 1 N–H and O–H groups in total. The summed E-state index contributed by atoms with van der Waals surface area (Å²) in [6.07, 6.45) is 0.263. The van der Waals surface area contributed by atoms with Crippen LogP contribution in [0.15, 0.2) is 32.6 Å². The van der Waals surface area contributed by atoms with Crippen molar-refractivity contribution in [2.24, 2.45) is 0 Å². The molecule has 0 saturated heterocycles. The first-order valence-corrected chi connectivity index (χ1v) is 9.43. The van der Waals surface area contributed by atoms with Crippen molar-refractivity contribution in [2.75, 3.05) is 11.1 Å². The maximum atomic E-state index is 12.5. The van der Waals surface area contributed by atoms with Crippen LogP contribution in [0.2, 0.25) is 0 Å². The number of carbonyl (C=O) groups is 1. The predicted octanol–water partition coefficient (Wildman–Crippen LogP) is 3.61. The summed E-state index contributed by atoms with van der Waals surface area (Å²) in [7, 11) is 0. The normalized spacial score (nSPS) is 16.1. The van der Waals surface area contributed by atoms with Crippen LogP contribution in [0.4, 0.5) is 5.69 Å². The number of hydrogen-bond donors (Lipinski definition) is 1. The van der Waals surface area contributed by atoms with Crippen molar-refractivity contribution in [2.45, 2.75) is 38.4 Å². The maximum absolute atomic E-state index is 12.5. The maximum Gasteiger partial charge on any atom is 0.257 e. The molecular weight excluding hydrogens is 390 g/mol. The second kappa shape index (κ2) is 6.72. The van der Waals surface area contributed by atoms with Crippen LogP contribution in [0.1, 0.15) is 29.3 Å². The Kier molecular flexibility index (Phi) is 4.83. The van der Waals surface area contributed by atoms with Crippen molar-refractivity contribution in [1.82, 2.24) is 9.55 Å². The third-order valence-electron chi connectivity index (χ3n) is 4.18. The van der Waals surface area contributed by atoms with Gasteiger partial charge in [0.05, 0.1) is 6.04 Å². The van der Waals surface area contributed by atoms with Gasteiger partial charge in [0.25, 0.3) is 5.56 Å². The fourth-order valence-corrected chi connectivity index (χ4v) is 4.10. The Morgan fingerprint density at radius 2 is 2.17 bits per heavy atom. The minimum atomic E-state index is -0.152. The molecule has 1 aliphatic heterocycles. The van der Waals surface area contributed by atoms with E-state index in [2.05, 4.69) is 26.2 Å². The standard InChI is InChI=1S/C17H18BrN3O2S/c1-9-6-12(4-5-14(9)18)20-15(22)7-13-8-24-17-19-11(3)10(2)16(23)21(13)17/h4-6,13H,7-8H2,1-3H3,(H,20,22). The molecule has 7 heteroatoms. The number of carbonyl (C=O) groups excluding carboxylic acids is 1. The average Bonchev–Trinajstić information content (AvgIpc) is 2.91. The summed E-state index contributed by atoms with van der Waals surface area (Å²) in [6, 6.07) is 5.53. The molecule has 1 aliphatic rings. The molecule has 3 rings (SSSR count). The molecule has 2 heterocycles. The van der Waals surface area contributed by atoms with Gasteiger partial charge in [-0.1, -0.05) is 27.7 Å². The van der Waals surface area contributed by atoms with Crippen molar-refractivity contribution < 1.29 is 4.79 Å². The first-order chi connectivity index (χ1) is 11.4. The van der Waals surface area contributed by atoms with Gasteiger partial charge >= 0.3 is 0 Å². The van der Waals surface area contributed by atoms with Crippen LogP contribution < -0.4 is 10.9 Å². The summed E-state index contributed by atoms with van der Waals surface area (Å²) in [5.41, 5.74) is 3.18. The second-order valence-electron chi connectivity index (χ2n) is 5.96. The van der Waals surface area contributed by atoms with Crippen molar-refractivity contribution >= 4 is 39.3 Å². The Hall–Kier alpha value is -1.60. The van der Waals surface area contributed by atoms with Crippen LogP contribution in [-0.2, 0) is 4.79 Å². The van der Waals surface area contributed by atoms with Crippen LogP contribution in [-0.4, -0.2) is 21.2 Å². The molecule has 1 unspecified atom stereocenters. The van der Waals surface area contributed by atoms with E-state index in [-0.39, 0.29) is 23.9 Å². The van der Waals surface area contributed by atoms with Crippen molar-refractivity contribution in [3.05, 3.63) is 49.8 Å². The van der Waals surface area contributed by atoms with Gasteiger partial charge in [-0.3, -0.25) is 14.2 Å². The number of fused-ring (bicyclic) bond motifs is 1. The fourth-order valence-electron chi connectivity index (χ4n) is 2.67. The molecule has 0 bridgehead atoms. The number of amides is 1. The van der Waals surface area contributed by atoms with Crippen LogP contribution in [0.5, 0.6) is 0 Å². The van der Waals surface area contributed by atoms with Gasteiger partial charge in [-0.2, -0.15) is 0 Å². The van der Waals surface area contributed by atoms with Crippen LogP contribution in [0.3, 0.4) is 0 Å². The second-order valence-corrected chi connectivity index (χ2v) is 7.80. The highest BCUT2D eigenvalue weighted by atomic mass is 79.9. The average molecular weight is 408 g/mol. The van der Waals surface area contributed by atoms with E-state index >= 15 is 0 Å². The molecule has 1 atom stereocenters. The van der Waals surface area contributed by atoms with E-state index in [0.29, 0.717) is 16.5 Å². The van der Waals surface area contributed by atoms with Gasteiger partial charge in [-0.15, -0.1) is 0 Å². The van der Waals surface area contributed by atoms with Gasteiger partial charge in [-0.05, 0) is 44.5 Å². The van der Waals surface area contributed by atoms with E-state index in [1.54, 1.807) is 11.5 Å². The zero-order valence-electron chi connectivity index (χ0n) is 13.7. The molecule has 5 nitrogen and oxygen atoms in total. The van der Waals surface area contributed by atoms with Gasteiger partial charge in [-0.25, -0.2) is 4.98 Å². The van der Waals surface area contributed by atoms with E-state index in [4.69, 9.17) is 0 Å². The lowest BCUT2D eigenvalue weighted by Crippen LogP contribution is -2.29. The van der Waals surface area contributed by atoms with E-state index in [1.165, 1.54) is 11.8 Å². The summed E-state index contributed by atoms with van der Waals surface area (Å²) in [4.78, 5) is 29.3. The molecule has 1 aromatic carbocycles. The van der Waals surface area contributed by atoms with Gasteiger partial charge in [0.15, 0.2) is 5.16 Å². The Morgan fingerprint density at radius 1 is 1.42 bits per heavy atom. The molecule has 0 fully saturated rings. The Bertz CT molecular complexity index is 879. The molecule has 1 aromatic heterocycles. The first kappa shape index (κ1) is 17.2. The summed E-state index contributed by atoms with van der Waals surface area (Å²) in [6.45, 7) is 5.59. The van der Waals surface area contributed by atoms with Gasteiger partial charge < -0.3 is 5.32 Å². The number of nitrogens with zero attached hydrogens (tertiary/aromatic N) is 2. The third-order valence-corrected chi connectivity index (χ3v) is 6.17. The number of hydrogen-bond acceptors (Lipinski definition) is 4. The smallest absolute Gasteiger partial charge is 0.257 e. The molecule has 0 aliphatic carbocycles. The zero-order valence-corrected chi connectivity index (χ0v) is 16.1. The number of nitrogens with one attached hydrogen (secondary N) is 1. The molecule has 0 spiro atoms. The number of aryl methyl sites for hydroxylation is 2. The van der Waals surface area contributed by atoms with Gasteiger partial charge in [0.1, 0.15) is 0 Å². The minimum Gasteiger partial charge on any atom is -0.326 e. The first-order valence-electron chi connectivity index (χ1n) is 7.65. The predicted molar refractivity (Wildman–Crippen MR) is 99.9 cm³/mol. The van der Waals surface area contributed by atoms with E-state index in [0.717, 1.165) is 21.4 Å². The lowest BCUT2D eigenvalue weighted by atomic mass is 10.2. The Morgan fingerprint density at radius 3 is 2.88 bits per heavy atom. The van der Waals surface area contributed by atoms with Gasteiger partial charge in [0.2, 0.25) is 5.91 Å². The summed E-state index contributed by atoms with van der Waals surface area (Å²) < 4.78 is 2.67. The van der Waals surface area contributed by atoms with Crippen LogP contribution in [0, 0.1) is 20.8 Å². The van der Waals surface area contributed by atoms with Crippen LogP contribution in [0.25, 0.3) is 0 Å². The van der Waals surface area contributed by atoms with Gasteiger partial charge in [0, 0.05) is 33.6 Å². The Labute approximate surface area is 153 Å². The van der Waals surface area contributed by atoms with Crippen LogP contribution >= 0.6 is 27.7 Å². The lowest BCUT2D eigenvalue weighted by molar-refractivity contribution is -0.116. The summed E-state index contributed by atoms with van der Waals surface area (Å²) in [5.74, 6) is 0.595. The quantitative estimate of drug-likeness (QED) is 0.789. The zero-order chi connectivity index (χ0) is 17.4. The Balaban J connectivity index is 1.77.